The van der Waals surface area contributed by atoms with Crippen LogP contribution < -0.4 is 19.5 Å². The number of hydrogen-bond donors (Lipinski definition) is 2. The molecule has 0 atom stereocenters. The zero-order valence-electron chi connectivity index (χ0n) is 20.6. The molecule has 0 saturated carbocycles. The highest BCUT2D eigenvalue weighted by molar-refractivity contribution is 7.92. The third kappa shape index (κ3) is 5.69. The summed E-state index contributed by atoms with van der Waals surface area (Å²) in [4.78, 5) is 17.9. The Morgan fingerprint density at radius 1 is 0.917 bits per heavy atom. The van der Waals surface area contributed by atoms with E-state index in [1.54, 1.807) is 24.3 Å². The lowest BCUT2D eigenvalue weighted by molar-refractivity contribution is -0.645. The number of nitrogens with zero attached hydrogens (tertiary/aromatic N) is 3. The molecule has 8 nitrogen and oxygen atoms in total. The topological polar surface area (TPSA) is 94.7 Å². The molecule has 0 radical (unpaired) electrons. The Labute approximate surface area is 211 Å². The summed E-state index contributed by atoms with van der Waals surface area (Å²) in [7, 11) is 2.15. The summed E-state index contributed by atoms with van der Waals surface area (Å²) in [6.45, 7) is 1.39. The van der Waals surface area contributed by atoms with Crippen LogP contribution in [-0.2, 0) is 21.9 Å². The van der Waals surface area contributed by atoms with E-state index in [1.165, 1.54) is 19.1 Å². The van der Waals surface area contributed by atoms with Gasteiger partial charge in [0.1, 0.15) is 7.05 Å². The van der Waals surface area contributed by atoms with Crippen LogP contribution in [0.2, 0.25) is 0 Å². The molecule has 3 aromatic carbocycles. The lowest BCUT2D eigenvalue weighted by Gasteiger charge is -2.11. The van der Waals surface area contributed by atoms with Crippen molar-refractivity contribution in [2.24, 2.45) is 12.0 Å². The van der Waals surface area contributed by atoms with E-state index in [0.717, 1.165) is 28.0 Å². The molecule has 0 aliphatic rings. The molecule has 184 valence electrons. The third-order valence-corrected chi connectivity index (χ3v) is 7.06. The highest BCUT2D eigenvalue weighted by Gasteiger charge is 2.16. The Balaban J connectivity index is 1.53. The molecule has 1 amide bonds. The number of fused-ring (bicyclic) bond motifs is 1. The molecule has 0 aliphatic carbocycles. The minimum atomic E-state index is -3.79. The molecule has 9 heteroatoms. The van der Waals surface area contributed by atoms with Crippen LogP contribution in [0, 0.1) is 0 Å². The number of hydrogen-bond acceptors (Lipinski definition) is 5. The maximum Gasteiger partial charge on any atom is 0.261 e. The SMILES string of the molecule is CC(=O)Nc1ccc(S(=O)(=O)Nc2ccc3c(ccc(C=Nc4ccc(N(C)C)cc4)[n+]3C)c2)cc1. The number of amides is 1. The second kappa shape index (κ2) is 10.2. The summed E-state index contributed by atoms with van der Waals surface area (Å²) < 4.78 is 30.3. The third-order valence-electron chi connectivity index (χ3n) is 5.66. The quantitative estimate of drug-likeness (QED) is 0.292. The maximum atomic E-state index is 12.8. The van der Waals surface area contributed by atoms with Gasteiger partial charge >= 0.3 is 0 Å². The molecule has 0 aliphatic heterocycles. The van der Waals surface area contributed by atoms with Crippen molar-refractivity contribution in [3.63, 3.8) is 0 Å². The monoisotopic (exact) mass is 502 g/mol. The van der Waals surface area contributed by atoms with Gasteiger partial charge in [0.25, 0.3) is 10.0 Å². The molecule has 0 unspecified atom stereocenters. The van der Waals surface area contributed by atoms with E-state index >= 15 is 0 Å². The fourth-order valence-electron chi connectivity index (χ4n) is 3.72. The summed E-state index contributed by atoms with van der Waals surface area (Å²) in [6.07, 6.45) is 1.81. The fourth-order valence-corrected chi connectivity index (χ4v) is 4.77. The standard InChI is InChI=1S/C27H27N5O3S/c1-19(33)29-22-8-14-26(15-9-22)36(34,35)30-23-10-16-27-20(17-23)5-11-25(32(27)4)18-28-21-6-12-24(13-7-21)31(2)3/h5-18H,1-4H3,(H-,28,29,30,33)/p+1. The molecule has 1 heterocycles. The van der Waals surface area contributed by atoms with Crippen molar-refractivity contribution in [2.75, 3.05) is 29.0 Å². The molecule has 0 saturated heterocycles. The van der Waals surface area contributed by atoms with Gasteiger partial charge in [0, 0.05) is 55.6 Å². The van der Waals surface area contributed by atoms with Crippen LogP contribution in [-0.4, -0.2) is 34.6 Å². The number of aliphatic imine (C=N–C) groups is 1. The molecular weight excluding hydrogens is 474 g/mol. The Hall–Kier alpha value is -4.24. The van der Waals surface area contributed by atoms with Crippen molar-refractivity contribution in [3.05, 3.63) is 84.6 Å². The fraction of sp³-hybridized carbons (Fsp3) is 0.148. The summed E-state index contributed by atoms with van der Waals surface area (Å²) in [5, 5.41) is 3.50. The summed E-state index contributed by atoms with van der Waals surface area (Å²) in [5.41, 5.74) is 4.80. The van der Waals surface area contributed by atoms with E-state index < -0.39 is 10.0 Å². The molecule has 0 bridgehead atoms. The number of sulfonamides is 1. The van der Waals surface area contributed by atoms with E-state index in [-0.39, 0.29) is 10.8 Å². The average Bonchev–Trinajstić information content (AvgIpc) is 2.83. The van der Waals surface area contributed by atoms with Gasteiger partial charge in [0.05, 0.1) is 16.8 Å². The second-order valence-corrected chi connectivity index (χ2v) is 10.3. The van der Waals surface area contributed by atoms with E-state index in [2.05, 4.69) is 15.0 Å². The minimum Gasteiger partial charge on any atom is -0.378 e. The second-order valence-electron chi connectivity index (χ2n) is 8.57. The van der Waals surface area contributed by atoms with Crippen LogP contribution in [0.4, 0.5) is 22.7 Å². The number of benzene rings is 3. The number of carbonyl (C=O) groups excluding carboxylic acids is 1. The van der Waals surface area contributed by atoms with Gasteiger partial charge in [-0.15, -0.1) is 0 Å². The zero-order chi connectivity index (χ0) is 25.9. The number of rotatable bonds is 7. The predicted octanol–water partition coefficient (Wildman–Crippen LogP) is 4.24. The normalized spacial score (nSPS) is 11.6. The van der Waals surface area contributed by atoms with E-state index in [1.807, 2.05) is 79.3 Å². The van der Waals surface area contributed by atoms with Crippen LogP contribution in [0.3, 0.4) is 0 Å². The first-order chi connectivity index (χ1) is 17.1. The smallest absolute Gasteiger partial charge is 0.261 e. The van der Waals surface area contributed by atoms with Crippen molar-refractivity contribution in [1.29, 1.82) is 0 Å². The molecule has 1 aromatic heterocycles. The highest BCUT2D eigenvalue weighted by atomic mass is 32.2. The van der Waals surface area contributed by atoms with Crippen LogP contribution in [0.5, 0.6) is 0 Å². The molecule has 0 fully saturated rings. The lowest BCUT2D eigenvalue weighted by atomic mass is 10.1. The van der Waals surface area contributed by atoms with Crippen LogP contribution >= 0.6 is 0 Å². The molecular formula is C27H28N5O3S+. The molecule has 4 aromatic rings. The Kier molecular flexibility index (Phi) is 7.03. The Bertz CT molecular complexity index is 1550. The van der Waals surface area contributed by atoms with Crippen LogP contribution in [0.1, 0.15) is 12.6 Å². The average molecular weight is 503 g/mol. The van der Waals surface area contributed by atoms with Gasteiger partial charge in [-0.3, -0.25) is 9.52 Å². The van der Waals surface area contributed by atoms with Crippen molar-refractivity contribution >= 4 is 55.8 Å². The number of aryl methyl sites for hydroxylation is 1. The summed E-state index contributed by atoms with van der Waals surface area (Å²) in [5.74, 6) is -0.221. The highest BCUT2D eigenvalue weighted by Crippen LogP contribution is 2.22. The maximum absolute atomic E-state index is 12.8. The van der Waals surface area contributed by atoms with Crippen molar-refractivity contribution in [1.82, 2.24) is 0 Å². The number of anilines is 3. The number of pyridine rings is 1. The van der Waals surface area contributed by atoms with Crippen LogP contribution in [0.25, 0.3) is 10.9 Å². The number of nitrogens with one attached hydrogen (secondary N) is 2. The molecule has 36 heavy (non-hydrogen) atoms. The van der Waals surface area contributed by atoms with Crippen molar-refractivity contribution in [3.8, 4) is 0 Å². The first kappa shape index (κ1) is 24.9. The lowest BCUT2D eigenvalue weighted by Crippen LogP contribution is -2.34. The summed E-state index contributed by atoms with van der Waals surface area (Å²) in [6, 6.07) is 23.3. The minimum absolute atomic E-state index is 0.104. The molecule has 2 N–H and O–H groups in total. The Morgan fingerprint density at radius 3 is 2.22 bits per heavy atom. The van der Waals surface area contributed by atoms with Gasteiger partial charge in [-0.25, -0.2) is 13.4 Å². The van der Waals surface area contributed by atoms with Gasteiger partial charge in [-0.1, -0.05) is 0 Å². The van der Waals surface area contributed by atoms with Gasteiger partial charge in [-0.05, 0) is 66.7 Å². The zero-order valence-corrected chi connectivity index (χ0v) is 21.4. The first-order valence-electron chi connectivity index (χ1n) is 11.3. The van der Waals surface area contributed by atoms with Gasteiger partial charge < -0.3 is 10.2 Å². The molecule has 4 rings (SSSR count). The van der Waals surface area contributed by atoms with E-state index in [9.17, 15) is 13.2 Å². The molecule has 0 spiro atoms. The number of aromatic nitrogens is 1. The van der Waals surface area contributed by atoms with Crippen molar-refractivity contribution < 1.29 is 17.8 Å². The van der Waals surface area contributed by atoms with Gasteiger partial charge in [-0.2, -0.15) is 4.57 Å². The van der Waals surface area contributed by atoms with Gasteiger partial charge in [0.15, 0.2) is 0 Å². The van der Waals surface area contributed by atoms with Crippen molar-refractivity contribution in [2.45, 2.75) is 11.8 Å². The Morgan fingerprint density at radius 2 is 1.58 bits per heavy atom. The summed E-state index contributed by atoms with van der Waals surface area (Å²) >= 11 is 0. The largest absolute Gasteiger partial charge is 0.378 e. The first-order valence-corrected chi connectivity index (χ1v) is 12.8. The number of carbonyl (C=O) groups is 1. The predicted molar refractivity (Wildman–Crippen MR) is 145 cm³/mol. The van der Waals surface area contributed by atoms with Gasteiger partial charge in [0.2, 0.25) is 17.1 Å². The van der Waals surface area contributed by atoms with E-state index in [4.69, 9.17) is 0 Å². The van der Waals surface area contributed by atoms with Crippen LogP contribution in [0.15, 0.2) is 88.8 Å². The van der Waals surface area contributed by atoms with E-state index in [0.29, 0.717) is 11.4 Å².